The zero-order chi connectivity index (χ0) is 35.8. The fraction of sp³-hybridized carbons (Fsp3) is 0. The van der Waals surface area contributed by atoms with Crippen LogP contribution < -0.4 is 4.90 Å². The van der Waals surface area contributed by atoms with Gasteiger partial charge in [0.25, 0.3) is 0 Å². The lowest BCUT2D eigenvalue weighted by Crippen LogP contribution is -2.10. The molecule has 0 radical (unpaired) electrons. The average Bonchev–Trinajstić information content (AvgIpc) is 3.62. The van der Waals surface area contributed by atoms with Gasteiger partial charge in [-0.3, -0.25) is 0 Å². The summed E-state index contributed by atoms with van der Waals surface area (Å²) < 4.78 is 6.25. The molecule has 0 fully saturated rings. The Hall–Kier alpha value is -7.16. The maximum absolute atomic E-state index is 6.25. The predicted molar refractivity (Wildman–Crippen MR) is 228 cm³/mol. The molecule has 1 aromatic heterocycles. The van der Waals surface area contributed by atoms with Crippen molar-refractivity contribution in [1.29, 1.82) is 0 Å². The molecule has 10 aromatic rings. The van der Waals surface area contributed by atoms with Gasteiger partial charge in [-0.05, 0) is 122 Å². The van der Waals surface area contributed by atoms with Crippen molar-refractivity contribution in [3.8, 4) is 44.5 Å². The maximum Gasteiger partial charge on any atom is 0.136 e. The first-order valence-corrected chi connectivity index (χ1v) is 18.4. The monoisotopic (exact) mass is 689 g/mol. The van der Waals surface area contributed by atoms with Gasteiger partial charge in [-0.2, -0.15) is 0 Å². The van der Waals surface area contributed by atoms with Crippen molar-refractivity contribution in [2.24, 2.45) is 0 Å². The van der Waals surface area contributed by atoms with Gasteiger partial charge in [0.05, 0.1) is 0 Å². The van der Waals surface area contributed by atoms with Gasteiger partial charge in [0.15, 0.2) is 0 Å². The summed E-state index contributed by atoms with van der Waals surface area (Å²) in [5, 5.41) is 4.75. The van der Waals surface area contributed by atoms with Crippen LogP contribution in [0.2, 0.25) is 0 Å². The molecule has 0 bridgehead atoms. The van der Waals surface area contributed by atoms with Gasteiger partial charge in [0, 0.05) is 27.8 Å². The molecule has 54 heavy (non-hydrogen) atoms. The van der Waals surface area contributed by atoms with E-state index in [9.17, 15) is 0 Å². The number of nitrogens with zero attached hydrogens (tertiary/aromatic N) is 1. The van der Waals surface area contributed by atoms with Crippen molar-refractivity contribution in [3.05, 3.63) is 212 Å². The summed E-state index contributed by atoms with van der Waals surface area (Å²) in [5.74, 6) is 0. The molecular formula is C52H35NO. The van der Waals surface area contributed by atoms with Gasteiger partial charge >= 0.3 is 0 Å². The molecule has 0 aliphatic rings. The molecule has 0 unspecified atom stereocenters. The number of furan rings is 1. The zero-order valence-electron chi connectivity index (χ0n) is 29.6. The van der Waals surface area contributed by atoms with Crippen LogP contribution in [0.4, 0.5) is 17.1 Å². The maximum atomic E-state index is 6.25. The van der Waals surface area contributed by atoms with Gasteiger partial charge < -0.3 is 9.32 Å². The highest BCUT2D eigenvalue weighted by Gasteiger charge is 2.17. The Balaban J connectivity index is 1.12. The van der Waals surface area contributed by atoms with Crippen molar-refractivity contribution in [1.82, 2.24) is 0 Å². The molecule has 2 nitrogen and oxygen atoms in total. The second-order valence-corrected chi connectivity index (χ2v) is 13.8. The Kier molecular flexibility index (Phi) is 7.85. The van der Waals surface area contributed by atoms with Crippen LogP contribution in [-0.4, -0.2) is 0 Å². The fourth-order valence-corrected chi connectivity index (χ4v) is 7.68. The number of hydrogen-bond acceptors (Lipinski definition) is 2. The molecule has 0 amide bonds. The topological polar surface area (TPSA) is 16.4 Å². The SMILES string of the molecule is c1ccc(-c2cc(-c3ccccc3)cc(N(c3ccc(-c4ccc5c(c4)oc4ccccc45)cc3)c3cccc(-c4ccc5ccccc5c4)c3)c2)cc1. The third kappa shape index (κ3) is 5.90. The van der Waals surface area contributed by atoms with Gasteiger partial charge in [-0.1, -0.05) is 146 Å². The summed E-state index contributed by atoms with van der Waals surface area (Å²) in [6.07, 6.45) is 0. The molecule has 0 aliphatic heterocycles. The standard InChI is InChI=1S/C52H35NO/c1-3-12-36(13-4-1)44-31-45(37-14-5-2-6-15-37)34-48(33-44)53(47-19-11-18-41(32-47)42-23-22-38-16-7-8-17-40(38)30-42)46-27-24-39(25-28-46)43-26-29-50-49-20-9-10-21-51(49)54-52(50)35-43/h1-35H. The van der Waals surface area contributed by atoms with Crippen molar-refractivity contribution in [2.45, 2.75) is 0 Å². The Labute approximate surface area is 314 Å². The van der Waals surface area contributed by atoms with E-state index in [0.29, 0.717) is 0 Å². The number of hydrogen-bond donors (Lipinski definition) is 0. The van der Waals surface area contributed by atoms with Crippen molar-refractivity contribution in [3.63, 3.8) is 0 Å². The highest BCUT2D eigenvalue weighted by Crippen LogP contribution is 2.42. The normalized spacial score (nSPS) is 11.3. The van der Waals surface area contributed by atoms with Crippen LogP contribution in [0.1, 0.15) is 0 Å². The van der Waals surface area contributed by atoms with Gasteiger partial charge in [-0.15, -0.1) is 0 Å². The molecule has 0 aliphatic carbocycles. The zero-order valence-corrected chi connectivity index (χ0v) is 29.6. The highest BCUT2D eigenvalue weighted by molar-refractivity contribution is 6.06. The number of fused-ring (bicyclic) bond motifs is 4. The number of para-hydroxylation sites is 1. The van der Waals surface area contributed by atoms with Crippen LogP contribution in [0.25, 0.3) is 77.2 Å². The van der Waals surface area contributed by atoms with Crippen molar-refractivity contribution in [2.75, 3.05) is 4.90 Å². The first-order valence-electron chi connectivity index (χ1n) is 18.4. The van der Waals surface area contributed by atoms with E-state index in [4.69, 9.17) is 4.42 Å². The van der Waals surface area contributed by atoms with Crippen LogP contribution in [0.3, 0.4) is 0 Å². The van der Waals surface area contributed by atoms with Gasteiger partial charge in [0.1, 0.15) is 11.2 Å². The van der Waals surface area contributed by atoms with Gasteiger partial charge in [-0.25, -0.2) is 0 Å². The van der Waals surface area contributed by atoms with Crippen LogP contribution >= 0.6 is 0 Å². The Bertz CT molecular complexity index is 2870. The Morgan fingerprint density at radius 1 is 0.259 bits per heavy atom. The minimum absolute atomic E-state index is 0.899. The van der Waals surface area contributed by atoms with Gasteiger partial charge in [0.2, 0.25) is 0 Å². The van der Waals surface area contributed by atoms with Crippen LogP contribution in [-0.2, 0) is 0 Å². The largest absolute Gasteiger partial charge is 0.456 e. The van der Waals surface area contributed by atoms with E-state index in [-0.39, 0.29) is 0 Å². The van der Waals surface area contributed by atoms with E-state index in [0.717, 1.165) is 50.1 Å². The van der Waals surface area contributed by atoms with Crippen molar-refractivity contribution < 1.29 is 4.42 Å². The predicted octanol–water partition coefficient (Wildman–Crippen LogP) is 14.9. The summed E-state index contributed by atoms with van der Waals surface area (Å²) in [6, 6.07) is 76.1. The molecule has 1 heterocycles. The molecule has 0 atom stereocenters. The number of benzene rings is 9. The average molecular weight is 690 g/mol. The molecule has 10 rings (SSSR count). The van der Waals surface area contributed by atoms with Crippen LogP contribution in [0.5, 0.6) is 0 Å². The van der Waals surface area contributed by atoms with E-state index >= 15 is 0 Å². The summed E-state index contributed by atoms with van der Waals surface area (Å²) in [4.78, 5) is 2.38. The lowest BCUT2D eigenvalue weighted by Gasteiger charge is -2.27. The minimum atomic E-state index is 0.899. The molecular weight excluding hydrogens is 655 g/mol. The molecule has 0 N–H and O–H groups in total. The number of anilines is 3. The smallest absolute Gasteiger partial charge is 0.136 e. The third-order valence-corrected chi connectivity index (χ3v) is 10.4. The fourth-order valence-electron chi connectivity index (χ4n) is 7.68. The first kappa shape index (κ1) is 31.6. The van der Waals surface area contributed by atoms with E-state index in [1.807, 2.05) is 12.1 Å². The first-order chi connectivity index (χ1) is 26.7. The van der Waals surface area contributed by atoms with E-state index in [1.165, 1.54) is 44.2 Å². The quantitative estimate of drug-likeness (QED) is 0.166. The number of rotatable bonds is 7. The molecule has 9 aromatic carbocycles. The Morgan fingerprint density at radius 2 is 0.796 bits per heavy atom. The molecule has 0 saturated carbocycles. The molecule has 0 saturated heterocycles. The lowest BCUT2D eigenvalue weighted by atomic mass is 9.96. The van der Waals surface area contributed by atoms with Crippen molar-refractivity contribution >= 4 is 49.8 Å². The summed E-state index contributed by atoms with van der Waals surface area (Å²) in [7, 11) is 0. The summed E-state index contributed by atoms with van der Waals surface area (Å²) in [5.41, 5.74) is 14.4. The van der Waals surface area contributed by atoms with E-state index < -0.39 is 0 Å². The Morgan fingerprint density at radius 3 is 1.56 bits per heavy atom. The summed E-state index contributed by atoms with van der Waals surface area (Å²) >= 11 is 0. The molecule has 254 valence electrons. The minimum Gasteiger partial charge on any atom is -0.456 e. The lowest BCUT2D eigenvalue weighted by molar-refractivity contribution is 0.669. The van der Waals surface area contributed by atoms with Crippen LogP contribution in [0, 0.1) is 0 Å². The second-order valence-electron chi connectivity index (χ2n) is 13.8. The third-order valence-electron chi connectivity index (χ3n) is 10.4. The molecule has 2 heteroatoms. The second kappa shape index (κ2) is 13.4. The molecule has 0 spiro atoms. The summed E-state index contributed by atoms with van der Waals surface area (Å²) in [6.45, 7) is 0. The van der Waals surface area contributed by atoms with E-state index in [2.05, 4.69) is 205 Å². The van der Waals surface area contributed by atoms with E-state index in [1.54, 1.807) is 0 Å². The highest BCUT2D eigenvalue weighted by atomic mass is 16.3. The van der Waals surface area contributed by atoms with Crippen LogP contribution in [0.15, 0.2) is 217 Å².